The maximum absolute atomic E-state index is 13.8. The number of benzene rings is 1. The van der Waals surface area contributed by atoms with E-state index in [1.807, 2.05) is 0 Å². The van der Waals surface area contributed by atoms with Gasteiger partial charge in [0.05, 0.1) is 23.7 Å². The fourth-order valence-corrected chi connectivity index (χ4v) is 4.59. The van der Waals surface area contributed by atoms with Crippen molar-refractivity contribution in [3.63, 3.8) is 0 Å². The van der Waals surface area contributed by atoms with E-state index < -0.39 is 11.8 Å². The third-order valence-electron chi connectivity index (χ3n) is 6.13. The van der Waals surface area contributed by atoms with Crippen molar-refractivity contribution in [2.24, 2.45) is 0 Å². The molecule has 1 amide bonds. The molecule has 1 aromatic carbocycles. The van der Waals surface area contributed by atoms with Crippen LogP contribution in [0.15, 0.2) is 12.1 Å². The van der Waals surface area contributed by atoms with E-state index in [-0.39, 0.29) is 29.7 Å². The number of aromatic carboxylic acids is 1. The van der Waals surface area contributed by atoms with Crippen LogP contribution < -0.4 is 0 Å². The molecule has 1 atom stereocenters. The normalized spacial score (nSPS) is 24.0. The van der Waals surface area contributed by atoms with Crippen LogP contribution in [0.25, 0.3) is 0 Å². The zero-order valence-electron chi connectivity index (χ0n) is 14.8. The van der Waals surface area contributed by atoms with Crippen molar-refractivity contribution in [1.29, 1.82) is 0 Å². The van der Waals surface area contributed by atoms with E-state index in [2.05, 4.69) is 0 Å². The molecule has 6 heteroatoms. The van der Waals surface area contributed by atoms with Gasteiger partial charge in [0.1, 0.15) is 5.82 Å². The number of nitrogens with zero attached hydrogens (tertiary/aromatic N) is 1. The van der Waals surface area contributed by atoms with Gasteiger partial charge in [-0.1, -0.05) is 0 Å². The molecule has 1 spiro atoms. The number of amides is 1. The largest absolute Gasteiger partial charge is 0.478 e. The van der Waals surface area contributed by atoms with Crippen LogP contribution in [0.2, 0.25) is 0 Å². The van der Waals surface area contributed by atoms with E-state index in [4.69, 9.17) is 4.74 Å². The van der Waals surface area contributed by atoms with Gasteiger partial charge in [-0.3, -0.25) is 4.79 Å². The Hall–Kier alpha value is -1.95. The van der Waals surface area contributed by atoms with Gasteiger partial charge in [0.25, 0.3) is 0 Å². The summed E-state index contributed by atoms with van der Waals surface area (Å²) >= 11 is 0. The Kier molecular flexibility index (Phi) is 4.47. The topological polar surface area (TPSA) is 66.8 Å². The smallest absolute Gasteiger partial charge is 0.336 e. The van der Waals surface area contributed by atoms with Crippen molar-refractivity contribution in [2.45, 2.75) is 69.6 Å². The van der Waals surface area contributed by atoms with E-state index >= 15 is 0 Å². The third kappa shape index (κ3) is 3.22. The second kappa shape index (κ2) is 6.65. The molecule has 1 aromatic rings. The minimum Gasteiger partial charge on any atom is -0.478 e. The molecule has 3 aliphatic rings. The number of carbonyl (C=O) groups excluding carboxylic acids is 1. The predicted octanol–water partition coefficient (Wildman–Crippen LogP) is 3.29. The van der Waals surface area contributed by atoms with Crippen LogP contribution in [0.5, 0.6) is 0 Å². The highest BCUT2D eigenvalue weighted by molar-refractivity contribution is 5.90. The van der Waals surface area contributed by atoms with Crippen LogP contribution in [0, 0.1) is 5.82 Å². The zero-order chi connectivity index (χ0) is 18.3. The van der Waals surface area contributed by atoms with E-state index in [1.165, 1.54) is 12.5 Å². The SMILES string of the molecule is O=C(O)c1cc(F)cc2c1CCN(C(=O)CC1CCCC3(CCC3)O1)C2. The standard InChI is InChI=1S/C20H24FNO4/c21-14-9-13-12-22(8-4-16(13)17(10-14)19(24)25)18(23)11-15-3-1-5-20(26-15)6-2-7-20/h9-10,15H,1-8,11-12H2,(H,24,25). The molecule has 0 bridgehead atoms. The average Bonchev–Trinajstić information content (AvgIpc) is 2.59. The number of hydrogen-bond acceptors (Lipinski definition) is 3. The number of hydrogen-bond donors (Lipinski definition) is 1. The Labute approximate surface area is 152 Å². The molecule has 2 fully saturated rings. The van der Waals surface area contributed by atoms with Gasteiger partial charge >= 0.3 is 5.97 Å². The van der Waals surface area contributed by atoms with Gasteiger partial charge in [0.2, 0.25) is 5.91 Å². The van der Waals surface area contributed by atoms with Gasteiger partial charge in [0.15, 0.2) is 0 Å². The fraction of sp³-hybridized carbons (Fsp3) is 0.600. The maximum Gasteiger partial charge on any atom is 0.336 e. The lowest BCUT2D eigenvalue weighted by atomic mass is 9.74. The van der Waals surface area contributed by atoms with Crippen LogP contribution in [-0.2, 0) is 22.5 Å². The van der Waals surface area contributed by atoms with Crippen molar-refractivity contribution < 1.29 is 23.8 Å². The highest BCUT2D eigenvalue weighted by Gasteiger charge is 2.42. The molecule has 1 saturated heterocycles. The summed E-state index contributed by atoms with van der Waals surface area (Å²) in [5.74, 6) is -1.68. The molecule has 0 radical (unpaired) electrons. The number of rotatable bonds is 3. The summed E-state index contributed by atoms with van der Waals surface area (Å²) in [5.41, 5.74) is 1.28. The van der Waals surface area contributed by atoms with Crippen LogP contribution in [-0.4, -0.2) is 40.1 Å². The molecule has 2 aliphatic heterocycles. The van der Waals surface area contributed by atoms with Gasteiger partial charge < -0.3 is 14.7 Å². The summed E-state index contributed by atoms with van der Waals surface area (Å²) < 4.78 is 20.0. The molecular formula is C20H24FNO4. The quantitative estimate of drug-likeness (QED) is 0.897. The van der Waals surface area contributed by atoms with E-state index in [0.717, 1.165) is 38.2 Å². The van der Waals surface area contributed by atoms with Crippen molar-refractivity contribution in [3.05, 3.63) is 34.6 Å². The van der Waals surface area contributed by atoms with E-state index in [0.29, 0.717) is 30.5 Å². The number of carboxylic acid groups (broad SMARTS) is 1. The summed E-state index contributed by atoms with van der Waals surface area (Å²) in [4.78, 5) is 25.8. The number of carboxylic acids is 1. The molecule has 26 heavy (non-hydrogen) atoms. The monoisotopic (exact) mass is 361 g/mol. The van der Waals surface area contributed by atoms with Crippen molar-refractivity contribution >= 4 is 11.9 Å². The highest BCUT2D eigenvalue weighted by Crippen LogP contribution is 2.44. The summed E-state index contributed by atoms with van der Waals surface area (Å²) in [6, 6.07) is 2.41. The highest BCUT2D eigenvalue weighted by atomic mass is 19.1. The summed E-state index contributed by atoms with van der Waals surface area (Å²) in [7, 11) is 0. The Morgan fingerprint density at radius 1 is 1.27 bits per heavy atom. The molecule has 1 N–H and O–H groups in total. The number of halogens is 1. The van der Waals surface area contributed by atoms with Gasteiger partial charge in [-0.15, -0.1) is 0 Å². The predicted molar refractivity (Wildman–Crippen MR) is 92.4 cm³/mol. The number of carbonyl (C=O) groups is 2. The minimum absolute atomic E-state index is 0.00892. The first-order valence-corrected chi connectivity index (χ1v) is 9.46. The Bertz CT molecular complexity index is 744. The van der Waals surface area contributed by atoms with Crippen molar-refractivity contribution in [1.82, 2.24) is 4.90 Å². The van der Waals surface area contributed by atoms with Crippen LogP contribution >= 0.6 is 0 Å². The Morgan fingerprint density at radius 2 is 2.04 bits per heavy atom. The molecule has 140 valence electrons. The van der Waals surface area contributed by atoms with E-state index in [9.17, 15) is 19.1 Å². The Morgan fingerprint density at radius 3 is 2.73 bits per heavy atom. The average molecular weight is 361 g/mol. The first-order chi connectivity index (χ1) is 12.5. The molecular weight excluding hydrogens is 337 g/mol. The second-order valence-electron chi connectivity index (χ2n) is 7.83. The molecule has 1 aliphatic carbocycles. The summed E-state index contributed by atoms with van der Waals surface area (Å²) in [5, 5.41) is 9.27. The lowest BCUT2D eigenvalue weighted by Crippen LogP contribution is -2.47. The lowest BCUT2D eigenvalue weighted by molar-refractivity contribution is -0.175. The number of ether oxygens (including phenoxy) is 1. The molecule has 0 aromatic heterocycles. The second-order valence-corrected chi connectivity index (χ2v) is 7.83. The maximum atomic E-state index is 13.8. The van der Waals surface area contributed by atoms with Crippen LogP contribution in [0.3, 0.4) is 0 Å². The van der Waals surface area contributed by atoms with Crippen LogP contribution in [0.4, 0.5) is 4.39 Å². The van der Waals surface area contributed by atoms with Gasteiger partial charge in [-0.05, 0) is 68.2 Å². The van der Waals surface area contributed by atoms with Crippen LogP contribution in [0.1, 0.15) is 66.4 Å². The van der Waals surface area contributed by atoms with Crippen molar-refractivity contribution in [3.8, 4) is 0 Å². The molecule has 1 unspecified atom stereocenters. The fourth-order valence-electron chi connectivity index (χ4n) is 4.59. The Balaban J connectivity index is 1.43. The third-order valence-corrected chi connectivity index (χ3v) is 6.13. The van der Waals surface area contributed by atoms with E-state index in [1.54, 1.807) is 4.90 Å². The van der Waals surface area contributed by atoms with Gasteiger partial charge in [-0.25, -0.2) is 9.18 Å². The molecule has 5 nitrogen and oxygen atoms in total. The van der Waals surface area contributed by atoms with Gasteiger partial charge in [0, 0.05) is 13.1 Å². The molecule has 4 rings (SSSR count). The number of fused-ring (bicyclic) bond motifs is 1. The summed E-state index contributed by atoms with van der Waals surface area (Å²) in [6.07, 6.45) is 7.31. The van der Waals surface area contributed by atoms with Gasteiger partial charge in [-0.2, -0.15) is 0 Å². The molecule has 1 saturated carbocycles. The summed E-state index contributed by atoms with van der Waals surface area (Å²) in [6.45, 7) is 0.736. The zero-order valence-corrected chi connectivity index (χ0v) is 14.8. The first kappa shape index (κ1) is 17.5. The van der Waals surface area contributed by atoms with Crippen molar-refractivity contribution in [2.75, 3.05) is 6.54 Å². The first-order valence-electron chi connectivity index (χ1n) is 9.46. The minimum atomic E-state index is -1.12. The molecule has 2 heterocycles. The lowest BCUT2D eigenvalue weighted by Gasteiger charge is -2.47.